The molecule has 16 heteroatoms. The fourth-order valence-corrected chi connectivity index (χ4v) is 11.4. The Balaban J connectivity index is 0.000000999. The molecule has 3 N–H and O–H groups in total. The smallest absolute Gasteiger partial charge is 0.778 e. The summed E-state index contributed by atoms with van der Waals surface area (Å²) in [5.74, 6) is 0.822. The number of rotatable bonds is 14. The maximum absolute atomic E-state index is 12.9. The zero-order valence-electron chi connectivity index (χ0n) is 46.5. The van der Waals surface area contributed by atoms with Crippen LogP contribution >= 0.6 is 22.8 Å². The molecule has 0 saturated carbocycles. The number of hydrogen-bond donors (Lipinski definition) is 3. The second kappa shape index (κ2) is 25.8. The minimum atomic E-state index is -3.91. The molecule has 0 saturated heterocycles. The van der Waals surface area contributed by atoms with Crippen molar-refractivity contribution in [1.82, 2.24) is 0 Å². The molecule has 0 aliphatic heterocycles. The van der Waals surface area contributed by atoms with Crippen LogP contribution in [0.5, 0.6) is 17.2 Å². The maximum atomic E-state index is 12.9. The fourth-order valence-electron chi connectivity index (χ4n) is 7.46. The van der Waals surface area contributed by atoms with Crippen molar-refractivity contribution in [2.24, 2.45) is 0 Å². The van der Waals surface area contributed by atoms with Crippen molar-refractivity contribution >= 4 is 60.5 Å². The third kappa shape index (κ3) is 21.6. The van der Waals surface area contributed by atoms with E-state index < -0.39 is 22.8 Å². The molecule has 0 heterocycles. The van der Waals surface area contributed by atoms with Crippen LogP contribution in [0.1, 0.15) is 202 Å². The molecule has 0 aliphatic rings. The van der Waals surface area contributed by atoms with Crippen LogP contribution in [0.2, 0.25) is 0 Å². The molecule has 3 rings (SSSR count). The van der Waals surface area contributed by atoms with Gasteiger partial charge in [0.1, 0.15) is 32.4 Å². The molecule has 0 aromatic heterocycles. The predicted molar refractivity (Wildman–Crippen MR) is 283 cm³/mol. The molecule has 0 fully saturated rings. The Hall–Kier alpha value is -1.23. The Morgan fingerprint density at radius 3 is 0.710 bits per heavy atom. The summed E-state index contributed by atoms with van der Waals surface area (Å²) in [6.45, 7) is 44.2. The second-order valence-electron chi connectivity index (χ2n) is 23.6. The summed E-state index contributed by atoms with van der Waals surface area (Å²) >= 11 is 0. The van der Waals surface area contributed by atoms with Crippen molar-refractivity contribution < 1.29 is 56.9 Å². The van der Waals surface area contributed by atoms with Gasteiger partial charge in [0.25, 0.3) is 0 Å². The van der Waals surface area contributed by atoms with Crippen molar-refractivity contribution in [3.05, 3.63) is 86.5 Å². The largest absolute Gasteiger partial charge is 2.00 e. The van der Waals surface area contributed by atoms with Gasteiger partial charge in [0, 0.05) is 12.3 Å². The van der Waals surface area contributed by atoms with E-state index in [1.54, 1.807) is 38.1 Å². The van der Waals surface area contributed by atoms with E-state index in [-0.39, 0.29) is 113 Å². The molecular weight excluding hydrogens is 962 g/mol. The third-order valence-corrected chi connectivity index (χ3v) is 15.7. The van der Waals surface area contributed by atoms with Crippen LogP contribution < -0.4 is 9.79 Å². The molecule has 390 valence electrons. The van der Waals surface area contributed by atoms with Crippen molar-refractivity contribution in [3.63, 3.8) is 0 Å². The van der Waals surface area contributed by atoms with Gasteiger partial charge in [-0.3, -0.25) is 4.57 Å². The van der Waals surface area contributed by atoms with Gasteiger partial charge in [0.15, 0.2) is 0 Å². The summed E-state index contributed by atoms with van der Waals surface area (Å²) in [4.78, 5) is 23.9. The number of hydrogen-bond acceptors (Lipinski definition) is 12. The molecule has 0 aliphatic carbocycles. The molecule has 0 spiro atoms. The standard InChI is InChI=1S/C19H33O4P.2C17H29O4P.Ca/c1-9-22-24(21,23-10-2)13-14-11-15(18(3,4)5)17(20)16(12-14)19(6,7)8;2*1-8-21-22(19,20)11-12-9-13(16(2,3)4)15(18)14(10-12)17(5,6)7;/h11-12,20H,9-10,13H2,1-8H3;2*9-10,18H,8,11H2,1-7H3,(H,19,20);/q;;;+2/p-2. The second-order valence-corrected chi connectivity index (χ2v) is 29.2. The van der Waals surface area contributed by atoms with Gasteiger partial charge in [-0.15, -0.1) is 0 Å². The molecule has 3 aromatic carbocycles. The first kappa shape index (κ1) is 67.8. The molecule has 12 nitrogen and oxygen atoms in total. The van der Waals surface area contributed by atoms with Crippen LogP contribution in [0.15, 0.2) is 36.4 Å². The van der Waals surface area contributed by atoms with Crippen molar-refractivity contribution in [3.8, 4) is 17.2 Å². The van der Waals surface area contributed by atoms with Crippen LogP contribution in [0, 0.1) is 0 Å². The normalized spacial score (nSPS) is 14.6. The van der Waals surface area contributed by atoms with E-state index in [2.05, 4.69) is 41.5 Å². The minimum Gasteiger partial charge on any atom is -0.778 e. The summed E-state index contributed by atoms with van der Waals surface area (Å²) < 4.78 is 57.3. The molecular formula is C53H89CaO12P3. The van der Waals surface area contributed by atoms with Gasteiger partial charge in [-0.2, -0.15) is 0 Å². The summed E-state index contributed by atoms with van der Waals surface area (Å²) in [5.41, 5.74) is 5.34. The minimum absolute atomic E-state index is 0. The van der Waals surface area contributed by atoms with E-state index >= 15 is 0 Å². The van der Waals surface area contributed by atoms with Gasteiger partial charge in [-0.25, -0.2) is 0 Å². The van der Waals surface area contributed by atoms with Crippen LogP contribution in [0.25, 0.3) is 0 Å². The Morgan fingerprint density at radius 1 is 0.377 bits per heavy atom. The van der Waals surface area contributed by atoms with Gasteiger partial charge in [0.2, 0.25) is 0 Å². The van der Waals surface area contributed by atoms with E-state index in [1.807, 2.05) is 109 Å². The van der Waals surface area contributed by atoms with Gasteiger partial charge in [-0.05, 0) is 110 Å². The predicted octanol–water partition coefficient (Wildman–Crippen LogP) is 13.5. The molecule has 2 atom stereocenters. The Bertz CT molecular complexity index is 2060. The van der Waals surface area contributed by atoms with Gasteiger partial charge >= 0.3 is 45.3 Å². The topological polar surface area (TPSA) is 195 Å². The Kier molecular flexibility index (Phi) is 25.4. The summed E-state index contributed by atoms with van der Waals surface area (Å²) in [5, 5.41) is 32.0. The summed E-state index contributed by atoms with van der Waals surface area (Å²) in [6.07, 6.45) is -0.109. The molecule has 0 amide bonds. The van der Waals surface area contributed by atoms with E-state index in [0.29, 0.717) is 30.1 Å². The van der Waals surface area contributed by atoms with Crippen molar-refractivity contribution in [2.75, 3.05) is 26.4 Å². The van der Waals surface area contributed by atoms with Crippen molar-refractivity contribution in [1.29, 1.82) is 0 Å². The van der Waals surface area contributed by atoms with E-state index in [0.717, 1.165) is 38.9 Å². The van der Waals surface area contributed by atoms with Crippen LogP contribution in [-0.2, 0) is 82.8 Å². The van der Waals surface area contributed by atoms with Crippen LogP contribution in [0.3, 0.4) is 0 Å². The summed E-state index contributed by atoms with van der Waals surface area (Å²) in [6, 6.07) is 10.9. The Morgan fingerprint density at radius 2 is 0.551 bits per heavy atom. The number of phenols is 3. The number of benzene rings is 3. The molecule has 0 bridgehead atoms. The third-order valence-electron chi connectivity index (χ3n) is 10.8. The molecule has 3 aromatic rings. The van der Waals surface area contributed by atoms with Gasteiger partial charge in [0.05, 0.1) is 32.6 Å². The first-order chi connectivity index (χ1) is 30.4. The SMILES string of the molecule is CCOP(=O)(Cc1cc(C(C)(C)C)c(O)c(C(C)(C)C)c1)OCC.CCOP(=O)([O-])Cc1cc(C(C)(C)C)c(O)c(C(C)(C)C)c1.CCOP(=O)([O-])Cc1cc(C(C)(C)C)c(O)c(C(C)(C)C)c1.[Ca+2]. The van der Waals surface area contributed by atoms with E-state index in [4.69, 9.17) is 18.1 Å². The first-order valence-corrected chi connectivity index (χ1v) is 29.0. The average molecular weight is 1050 g/mol. The fraction of sp³-hybridized carbons (Fsp3) is 0.660. The molecule has 0 radical (unpaired) electrons. The number of aromatic hydroxyl groups is 3. The molecule has 69 heavy (non-hydrogen) atoms. The zero-order valence-corrected chi connectivity index (χ0v) is 51.4. The van der Waals surface area contributed by atoms with Gasteiger partial charge in [-0.1, -0.05) is 161 Å². The average Bonchev–Trinajstić information content (AvgIpc) is 3.11. The van der Waals surface area contributed by atoms with Crippen LogP contribution in [-0.4, -0.2) is 79.5 Å². The van der Waals surface area contributed by atoms with Crippen LogP contribution in [0.4, 0.5) is 0 Å². The number of phenolic OH excluding ortho intramolecular Hbond substituents is 3. The quantitative estimate of drug-likeness (QED) is 0.102. The monoisotopic (exact) mass is 1050 g/mol. The Labute approximate surface area is 447 Å². The van der Waals surface area contributed by atoms with Crippen molar-refractivity contribution in [2.45, 2.75) is 203 Å². The van der Waals surface area contributed by atoms with Gasteiger partial charge < -0.3 is 52.3 Å². The maximum Gasteiger partial charge on any atom is 2.00 e. The van der Waals surface area contributed by atoms with E-state index in [9.17, 15) is 38.8 Å². The van der Waals surface area contributed by atoms with E-state index in [1.165, 1.54) is 0 Å². The zero-order chi connectivity index (χ0) is 53.4. The first-order valence-electron chi connectivity index (χ1n) is 23.8. The molecule has 2 unspecified atom stereocenters. The summed E-state index contributed by atoms with van der Waals surface area (Å²) in [7, 11) is -11.0.